The molecule has 0 aliphatic carbocycles. The molecule has 1 aromatic carbocycles. The Morgan fingerprint density at radius 2 is 2.06 bits per heavy atom. The maximum absolute atomic E-state index is 12.3. The Morgan fingerprint density at radius 1 is 1.41 bits per heavy atom. The quantitative estimate of drug-likeness (QED) is 0.828. The van der Waals surface area contributed by atoms with Crippen molar-refractivity contribution in [2.24, 2.45) is 0 Å². The molecule has 0 unspecified atom stereocenters. The van der Waals surface area contributed by atoms with E-state index in [2.05, 4.69) is 0 Å². The Morgan fingerprint density at radius 3 is 2.59 bits per heavy atom. The second-order valence-electron chi connectivity index (χ2n) is 3.81. The molecule has 0 aromatic heterocycles. The highest BCUT2D eigenvalue weighted by molar-refractivity contribution is 7.98. The average Bonchev–Trinajstić information content (AvgIpc) is 2.25. The van der Waals surface area contributed by atoms with Crippen LogP contribution in [0.4, 0.5) is 5.69 Å². The highest BCUT2D eigenvalue weighted by Crippen LogP contribution is 2.25. The lowest BCUT2D eigenvalue weighted by molar-refractivity contribution is 0.488. The van der Waals surface area contributed by atoms with Gasteiger partial charge in [-0.05, 0) is 24.8 Å². The number of sulfonamides is 1. The molecule has 0 aliphatic rings. The van der Waals surface area contributed by atoms with Crippen LogP contribution in [0.1, 0.15) is 5.56 Å². The van der Waals surface area contributed by atoms with Crippen molar-refractivity contribution in [3.05, 3.63) is 23.8 Å². The molecular weight excluding hydrogens is 256 g/mol. The summed E-state index contributed by atoms with van der Waals surface area (Å²) in [6.07, 6.45) is 1.95. The summed E-state index contributed by atoms with van der Waals surface area (Å²) in [6, 6.07) is 5.12. The van der Waals surface area contributed by atoms with Gasteiger partial charge in [-0.15, -0.1) is 0 Å². The molecule has 0 spiro atoms. The first kappa shape index (κ1) is 14.3. The first-order chi connectivity index (χ1) is 7.91. The normalized spacial score (nSPS) is 12.0. The average molecular weight is 274 g/mol. The Kier molecular flexibility index (Phi) is 4.85. The van der Waals surface area contributed by atoms with Gasteiger partial charge >= 0.3 is 0 Å². The summed E-state index contributed by atoms with van der Waals surface area (Å²) in [5, 5.41) is 0. The third-order valence-electron chi connectivity index (χ3n) is 2.52. The maximum Gasteiger partial charge on any atom is 0.245 e. The van der Waals surface area contributed by atoms with E-state index in [1.807, 2.05) is 6.26 Å². The van der Waals surface area contributed by atoms with E-state index < -0.39 is 10.0 Å². The van der Waals surface area contributed by atoms with Gasteiger partial charge in [0.15, 0.2) is 0 Å². The summed E-state index contributed by atoms with van der Waals surface area (Å²) >= 11 is 1.61. The maximum atomic E-state index is 12.3. The third kappa shape index (κ3) is 3.14. The van der Waals surface area contributed by atoms with Gasteiger partial charge in [-0.25, -0.2) is 12.7 Å². The number of hydrogen-bond donors (Lipinski definition) is 1. The fourth-order valence-corrected chi connectivity index (χ4v) is 3.58. The van der Waals surface area contributed by atoms with Gasteiger partial charge in [-0.3, -0.25) is 0 Å². The van der Waals surface area contributed by atoms with Crippen LogP contribution in [-0.2, 0) is 10.0 Å². The topological polar surface area (TPSA) is 63.4 Å². The number of benzene rings is 1. The molecule has 0 heterocycles. The zero-order chi connectivity index (χ0) is 13.1. The molecule has 0 atom stereocenters. The van der Waals surface area contributed by atoms with Gasteiger partial charge in [0.1, 0.15) is 4.90 Å². The largest absolute Gasteiger partial charge is 0.398 e. The number of nitrogens with two attached hydrogens (primary N) is 1. The van der Waals surface area contributed by atoms with Crippen molar-refractivity contribution in [2.75, 3.05) is 31.3 Å². The number of nitrogens with zero attached hydrogens (tertiary/aromatic N) is 1. The van der Waals surface area contributed by atoms with Crippen molar-refractivity contribution < 1.29 is 8.42 Å². The minimum atomic E-state index is -3.48. The van der Waals surface area contributed by atoms with Crippen molar-refractivity contribution in [1.29, 1.82) is 0 Å². The van der Waals surface area contributed by atoms with Crippen LogP contribution in [0, 0.1) is 6.92 Å². The predicted molar refractivity (Wildman–Crippen MR) is 73.8 cm³/mol. The minimum absolute atomic E-state index is 0.226. The van der Waals surface area contributed by atoms with Gasteiger partial charge < -0.3 is 5.73 Å². The van der Waals surface area contributed by atoms with Gasteiger partial charge in [-0.1, -0.05) is 12.1 Å². The minimum Gasteiger partial charge on any atom is -0.398 e. The number of thioether (sulfide) groups is 1. The zero-order valence-corrected chi connectivity index (χ0v) is 11.9. The summed E-state index contributed by atoms with van der Waals surface area (Å²) < 4.78 is 26.0. The number of nitrogen functional groups attached to an aromatic ring is 1. The summed E-state index contributed by atoms with van der Waals surface area (Å²) in [4.78, 5) is 0.226. The van der Waals surface area contributed by atoms with Crippen LogP contribution < -0.4 is 5.73 Å². The molecule has 0 bridgehead atoms. The van der Waals surface area contributed by atoms with E-state index in [4.69, 9.17) is 5.73 Å². The summed E-state index contributed by atoms with van der Waals surface area (Å²) in [6.45, 7) is 2.24. The molecule has 0 aliphatic heterocycles. The third-order valence-corrected chi connectivity index (χ3v) is 5.19. The monoisotopic (exact) mass is 274 g/mol. The fraction of sp³-hybridized carbons (Fsp3) is 0.455. The van der Waals surface area contributed by atoms with Crippen LogP contribution in [0.2, 0.25) is 0 Å². The lowest BCUT2D eigenvalue weighted by Crippen LogP contribution is -2.30. The first-order valence-corrected chi connectivity index (χ1v) is 8.05. The Balaban J connectivity index is 3.13. The standard InChI is InChI=1S/C11H18N2O2S2/c1-9-5-4-6-10(12)11(9)17(14,15)13(2)7-8-16-3/h4-6H,7-8,12H2,1-3H3. The van der Waals surface area contributed by atoms with Crippen LogP contribution in [0.3, 0.4) is 0 Å². The van der Waals surface area contributed by atoms with Crippen LogP contribution in [0.25, 0.3) is 0 Å². The van der Waals surface area contributed by atoms with Crippen LogP contribution >= 0.6 is 11.8 Å². The SMILES string of the molecule is CSCCN(C)S(=O)(=O)c1c(C)cccc1N. The second kappa shape index (κ2) is 5.75. The van der Waals surface area contributed by atoms with Crippen LogP contribution in [0.15, 0.2) is 23.1 Å². The highest BCUT2D eigenvalue weighted by atomic mass is 32.2. The van der Waals surface area contributed by atoms with Crippen LogP contribution in [0.5, 0.6) is 0 Å². The van der Waals surface area contributed by atoms with Crippen LogP contribution in [-0.4, -0.2) is 38.3 Å². The van der Waals surface area contributed by atoms with E-state index in [-0.39, 0.29) is 4.90 Å². The Bertz CT molecular complexity index is 466. The van der Waals surface area contributed by atoms with Crippen molar-refractivity contribution in [1.82, 2.24) is 4.31 Å². The highest BCUT2D eigenvalue weighted by Gasteiger charge is 2.24. The van der Waals surface area contributed by atoms with Crippen molar-refractivity contribution in [3.8, 4) is 0 Å². The molecule has 1 aromatic rings. The second-order valence-corrected chi connectivity index (χ2v) is 6.78. The van der Waals surface area contributed by atoms with E-state index in [1.165, 1.54) is 4.31 Å². The summed E-state index contributed by atoms with van der Waals surface area (Å²) in [5.74, 6) is 0.765. The van der Waals surface area contributed by atoms with E-state index in [0.29, 0.717) is 17.8 Å². The molecule has 0 radical (unpaired) electrons. The molecular formula is C11H18N2O2S2. The summed E-state index contributed by atoms with van der Waals surface area (Å²) in [7, 11) is -1.90. The molecule has 2 N–H and O–H groups in total. The molecule has 6 heteroatoms. The van der Waals surface area contributed by atoms with Gasteiger partial charge in [-0.2, -0.15) is 11.8 Å². The lowest BCUT2D eigenvalue weighted by atomic mass is 10.2. The predicted octanol–water partition coefficient (Wildman–Crippen LogP) is 1.56. The first-order valence-electron chi connectivity index (χ1n) is 5.21. The fourth-order valence-electron chi connectivity index (χ4n) is 1.52. The number of aryl methyl sites for hydroxylation is 1. The summed E-state index contributed by atoms with van der Waals surface area (Å²) in [5.41, 5.74) is 6.75. The Hall–Kier alpha value is -0.720. The molecule has 4 nitrogen and oxygen atoms in total. The smallest absolute Gasteiger partial charge is 0.245 e. The zero-order valence-electron chi connectivity index (χ0n) is 10.3. The van der Waals surface area contributed by atoms with Crippen molar-refractivity contribution in [3.63, 3.8) is 0 Å². The van der Waals surface area contributed by atoms with Crippen molar-refractivity contribution in [2.45, 2.75) is 11.8 Å². The van der Waals surface area contributed by atoms with Crippen molar-refractivity contribution >= 4 is 27.5 Å². The molecule has 0 saturated heterocycles. The van der Waals surface area contributed by atoms with E-state index in [9.17, 15) is 8.42 Å². The van der Waals surface area contributed by atoms with Gasteiger partial charge in [0, 0.05) is 19.3 Å². The number of anilines is 1. The molecule has 0 fully saturated rings. The molecule has 0 amide bonds. The van der Waals surface area contributed by atoms with Gasteiger partial charge in [0.25, 0.3) is 0 Å². The van der Waals surface area contributed by atoms with E-state index in [0.717, 1.165) is 5.75 Å². The van der Waals surface area contributed by atoms with Gasteiger partial charge in [0.2, 0.25) is 10.0 Å². The Labute approximate surface area is 107 Å². The number of hydrogen-bond acceptors (Lipinski definition) is 4. The molecule has 17 heavy (non-hydrogen) atoms. The van der Waals surface area contributed by atoms with E-state index in [1.54, 1.807) is 43.9 Å². The van der Waals surface area contributed by atoms with E-state index >= 15 is 0 Å². The number of rotatable bonds is 5. The lowest BCUT2D eigenvalue weighted by Gasteiger charge is -2.19. The van der Waals surface area contributed by atoms with Gasteiger partial charge in [0.05, 0.1) is 5.69 Å². The molecule has 1 rings (SSSR count). The molecule has 96 valence electrons. The molecule has 0 saturated carbocycles.